The van der Waals surface area contributed by atoms with Gasteiger partial charge in [-0.15, -0.1) is 0 Å². The average molecular weight is 296 g/mol. The predicted octanol–water partition coefficient (Wildman–Crippen LogP) is 3.29. The summed E-state index contributed by atoms with van der Waals surface area (Å²) in [5.74, 6) is 1.35. The van der Waals surface area contributed by atoms with Gasteiger partial charge in [-0.25, -0.2) is 4.98 Å². The van der Waals surface area contributed by atoms with Crippen LogP contribution in [0.1, 0.15) is 18.1 Å². The molecular formula is C12H14BrN3O. The maximum absolute atomic E-state index is 5.68. The van der Waals surface area contributed by atoms with Crippen molar-refractivity contribution in [2.75, 3.05) is 0 Å². The zero-order valence-corrected chi connectivity index (χ0v) is 11.4. The molecule has 0 amide bonds. The molecule has 0 bridgehead atoms. The number of aryl methyl sites for hydroxylation is 2. The van der Waals surface area contributed by atoms with Crippen LogP contribution in [0.25, 0.3) is 0 Å². The topological polar surface area (TPSA) is 39.9 Å². The standard InChI is InChI=1S/C12H14BrN3O/c1-3-16-8-11(7-15-16)17-12-9(2)4-10(5-13)6-14-12/h4,6-8H,3,5H2,1-2H3. The van der Waals surface area contributed by atoms with E-state index in [1.54, 1.807) is 12.4 Å². The number of hydrogen-bond donors (Lipinski definition) is 0. The maximum atomic E-state index is 5.68. The van der Waals surface area contributed by atoms with Crippen LogP contribution in [0, 0.1) is 6.92 Å². The molecule has 0 spiro atoms. The van der Waals surface area contributed by atoms with Gasteiger partial charge in [0.1, 0.15) is 0 Å². The Kier molecular flexibility index (Phi) is 3.78. The third kappa shape index (κ3) is 2.85. The number of nitrogens with zero attached hydrogens (tertiary/aromatic N) is 3. The molecule has 0 aliphatic rings. The van der Waals surface area contributed by atoms with Crippen molar-refractivity contribution in [3.8, 4) is 11.6 Å². The molecule has 0 aliphatic heterocycles. The SMILES string of the molecule is CCn1cc(Oc2ncc(CBr)cc2C)cn1. The van der Waals surface area contributed by atoms with Crippen molar-refractivity contribution < 1.29 is 4.74 Å². The van der Waals surface area contributed by atoms with Gasteiger partial charge in [0.25, 0.3) is 0 Å². The van der Waals surface area contributed by atoms with Crippen LogP contribution in [0.3, 0.4) is 0 Å². The number of halogens is 1. The minimum atomic E-state index is 0.630. The molecule has 0 radical (unpaired) electrons. The van der Waals surface area contributed by atoms with Crippen molar-refractivity contribution in [3.05, 3.63) is 35.8 Å². The molecule has 0 N–H and O–H groups in total. The monoisotopic (exact) mass is 295 g/mol. The van der Waals surface area contributed by atoms with Gasteiger partial charge in [-0.05, 0) is 25.5 Å². The second kappa shape index (κ2) is 5.31. The summed E-state index contributed by atoms with van der Waals surface area (Å²) in [7, 11) is 0. The lowest BCUT2D eigenvalue weighted by Gasteiger charge is -2.06. The van der Waals surface area contributed by atoms with E-state index in [9.17, 15) is 0 Å². The first-order valence-electron chi connectivity index (χ1n) is 5.44. The number of aromatic nitrogens is 3. The van der Waals surface area contributed by atoms with Gasteiger partial charge < -0.3 is 4.74 Å². The highest BCUT2D eigenvalue weighted by Crippen LogP contribution is 2.23. The van der Waals surface area contributed by atoms with E-state index in [4.69, 9.17) is 4.74 Å². The van der Waals surface area contributed by atoms with Crippen LogP contribution in [0.5, 0.6) is 11.6 Å². The maximum Gasteiger partial charge on any atom is 0.222 e. The van der Waals surface area contributed by atoms with Crippen LogP contribution in [-0.4, -0.2) is 14.8 Å². The second-order valence-corrected chi connectivity index (χ2v) is 4.29. The summed E-state index contributed by atoms with van der Waals surface area (Å²) < 4.78 is 7.50. The highest BCUT2D eigenvalue weighted by atomic mass is 79.9. The zero-order chi connectivity index (χ0) is 12.3. The lowest BCUT2D eigenvalue weighted by atomic mass is 10.2. The van der Waals surface area contributed by atoms with Crippen molar-refractivity contribution in [3.63, 3.8) is 0 Å². The molecule has 2 heterocycles. The molecule has 5 heteroatoms. The minimum absolute atomic E-state index is 0.630. The molecule has 0 saturated heterocycles. The van der Waals surface area contributed by atoms with E-state index < -0.39 is 0 Å². The van der Waals surface area contributed by atoms with Gasteiger partial charge in [0.05, 0.1) is 12.4 Å². The van der Waals surface area contributed by atoms with E-state index in [0.29, 0.717) is 11.6 Å². The van der Waals surface area contributed by atoms with E-state index in [2.05, 4.69) is 32.1 Å². The Balaban J connectivity index is 2.18. The van der Waals surface area contributed by atoms with Crippen molar-refractivity contribution in [2.24, 2.45) is 0 Å². The molecule has 2 rings (SSSR count). The summed E-state index contributed by atoms with van der Waals surface area (Å²) in [6, 6.07) is 2.06. The molecular weight excluding hydrogens is 282 g/mol. The van der Waals surface area contributed by atoms with Crippen LogP contribution in [0.15, 0.2) is 24.7 Å². The van der Waals surface area contributed by atoms with Gasteiger partial charge in [0.2, 0.25) is 5.88 Å². The first-order valence-corrected chi connectivity index (χ1v) is 6.57. The summed E-state index contributed by atoms with van der Waals surface area (Å²) in [4.78, 5) is 4.29. The summed E-state index contributed by atoms with van der Waals surface area (Å²) in [5.41, 5.74) is 2.16. The van der Waals surface area contributed by atoms with Crippen molar-refractivity contribution in [1.29, 1.82) is 0 Å². The molecule has 0 unspecified atom stereocenters. The van der Waals surface area contributed by atoms with E-state index in [-0.39, 0.29) is 0 Å². The number of hydrogen-bond acceptors (Lipinski definition) is 3. The second-order valence-electron chi connectivity index (χ2n) is 3.73. The molecule has 2 aromatic heterocycles. The minimum Gasteiger partial charge on any atom is -0.435 e. The fraction of sp³-hybridized carbons (Fsp3) is 0.333. The Bertz CT molecular complexity index is 510. The van der Waals surface area contributed by atoms with Gasteiger partial charge in [-0.3, -0.25) is 4.68 Å². The van der Waals surface area contributed by atoms with Crippen molar-refractivity contribution >= 4 is 15.9 Å². The molecule has 0 saturated carbocycles. The first-order chi connectivity index (χ1) is 8.22. The highest BCUT2D eigenvalue weighted by Gasteiger charge is 2.05. The predicted molar refractivity (Wildman–Crippen MR) is 69.6 cm³/mol. The van der Waals surface area contributed by atoms with Crippen LogP contribution in [0.4, 0.5) is 0 Å². The van der Waals surface area contributed by atoms with Gasteiger partial charge in [0.15, 0.2) is 5.75 Å². The summed E-state index contributed by atoms with van der Waals surface area (Å²) in [6.45, 7) is 4.85. The number of rotatable bonds is 4. The number of alkyl halides is 1. The van der Waals surface area contributed by atoms with Gasteiger partial charge in [-0.1, -0.05) is 15.9 Å². The number of ether oxygens (including phenoxy) is 1. The molecule has 4 nitrogen and oxygen atoms in total. The summed E-state index contributed by atoms with van der Waals surface area (Å²) >= 11 is 3.40. The molecule has 0 fully saturated rings. The Morgan fingerprint density at radius 3 is 2.82 bits per heavy atom. The van der Waals surface area contributed by atoms with Crippen LogP contribution < -0.4 is 4.74 Å². The summed E-state index contributed by atoms with van der Waals surface area (Å²) in [5, 5.41) is 4.95. The summed E-state index contributed by atoms with van der Waals surface area (Å²) in [6.07, 6.45) is 5.36. The Labute approximate surface area is 109 Å². The lowest BCUT2D eigenvalue weighted by Crippen LogP contribution is -1.93. The first kappa shape index (κ1) is 12.1. The normalized spacial score (nSPS) is 10.5. The van der Waals surface area contributed by atoms with Crippen molar-refractivity contribution in [1.82, 2.24) is 14.8 Å². The molecule has 0 aromatic carbocycles. The largest absolute Gasteiger partial charge is 0.435 e. The van der Waals surface area contributed by atoms with Gasteiger partial charge >= 0.3 is 0 Å². The molecule has 0 atom stereocenters. The number of pyridine rings is 1. The quantitative estimate of drug-likeness (QED) is 0.813. The van der Waals surface area contributed by atoms with E-state index in [1.807, 2.05) is 24.7 Å². The lowest BCUT2D eigenvalue weighted by molar-refractivity contribution is 0.457. The Morgan fingerprint density at radius 1 is 1.41 bits per heavy atom. The fourth-order valence-corrected chi connectivity index (χ4v) is 1.79. The smallest absolute Gasteiger partial charge is 0.222 e. The fourth-order valence-electron chi connectivity index (χ4n) is 1.48. The molecule has 17 heavy (non-hydrogen) atoms. The molecule has 0 aliphatic carbocycles. The Hall–Kier alpha value is -1.36. The molecule has 2 aromatic rings. The average Bonchev–Trinajstić information content (AvgIpc) is 2.79. The van der Waals surface area contributed by atoms with Crippen LogP contribution in [0.2, 0.25) is 0 Å². The zero-order valence-electron chi connectivity index (χ0n) is 9.85. The van der Waals surface area contributed by atoms with E-state index >= 15 is 0 Å². The van der Waals surface area contributed by atoms with E-state index in [0.717, 1.165) is 23.0 Å². The Morgan fingerprint density at radius 2 is 2.24 bits per heavy atom. The highest BCUT2D eigenvalue weighted by molar-refractivity contribution is 9.08. The van der Waals surface area contributed by atoms with E-state index in [1.165, 1.54) is 0 Å². The van der Waals surface area contributed by atoms with Crippen molar-refractivity contribution in [2.45, 2.75) is 25.7 Å². The van der Waals surface area contributed by atoms with Gasteiger partial charge in [-0.2, -0.15) is 5.10 Å². The van der Waals surface area contributed by atoms with Crippen LogP contribution in [-0.2, 0) is 11.9 Å². The third-order valence-electron chi connectivity index (χ3n) is 2.39. The van der Waals surface area contributed by atoms with Gasteiger partial charge in [0, 0.05) is 23.6 Å². The van der Waals surface area contributed by atoms with Crippen LogP contribution >= 0.6 is 15.9 Å². The molecule has 90 valence electrons. The third-order valence-corrected chi connectivity index (χ3v) is 3.04.